The van der Waals surface area contributed by atoms with Gasteiger partial charge in [0.2, 0.25) is 0 Å². The van der Waals surface area contributed by atoms with Gasteiger partial charge < -0.3 is 9.13 Å². The minimum atomic E-state index is -0.261. The lowest BCUT2D eigenvalue weighted by molar-refractivity contribution is 0.625. The third kappa shape index (κ3) is 7.56. The predicted molar refractivity (Wildman–Crippen MR) is 166 cm³/mol. The number of aromatic amines is 1. The van der Waals surface area contributed by atoms with Crippen molar-refractivity contribution in [1.82, 2.24) is 29.1 Å². The molecule has 9 heteroatoms. The van der Waals surface area contributed by atoms with Gasteiger partial charge in [-0.25, -0.2) is 13.5 Å². The highest BCUT2D eigenvalue weighted by Crippen LogP contribution is 2.17. The van der Waals surface area contributed by atoms with Gasteiger partial charge >= 0.3 is 0 Å². The van der Waals surface area contributed by atoms with Gasteiger partial charge in [0.1, 0.15) is 17.5 Å². The molecule has 0 amide bonds. The van der Waals surface area contributed by atoms with E-state index in [1.165, 1.54) is 35.7 Å². The number of benzene rings is 2. The fourth-order valence-corrected chi connectivity index (χ4v) is 4.61. The number of hydrogen-bond donors (Lipinski definition) is 1. The maximum atomic E-state index is 13.2. The topological polar surface area (TPSA) is 56.4 Å². The molecule has 4 aromatic heterocycles. The van der Waals surface area contributed by atoms with Crippen molar-refractivity contribution in [3.8, 4) is 17.3 Å². The van der Waals surface area contributed by atoms with Crippen molar-refractivity contribution in [2.45, 2.75) is 35.1 Å². The Kier molecular flexibility index (Phi) is 10.6. The van der Waals surface area contributed by atoms with E-state index in [-0.39, 0.29) is 19.1 Å². The summed E-state index contributed by atoms with van der Waals surface area (Å²) in [4.78, 5) is 0. The normalized spacial score (nSPS) is 10.2. The van der Waals surface area contributed by atoms with Crippen molar-refractivity contribution in [3.63, 3.8) is 0 Å². The van der Waals surface area contributed by atoms with Crippen molar-refractivity contribution >= 4 is 22.6 Å². The number of H-pyrrole nitrogens is 1. The lowest BCUT2D eigenvalue weighted by Crippen LogP contribution is -2.02. The van der Waals surface area contributed by atoms with Gasteiger partial charge in [0.15, 0.2) is 5.82 Å². The minimum Gasteiger partial charge on any atom is -0.304 e. The highest BCUT2D eigenvalue weighted by Gasteiger charge is 2.08. The van der Waals surface area contributed by atoms with E-state index in [1.807, 2.05) is 44.3 Å². The lowest BCUT2D eigenvalue weighted by atomic mass is 10.3. The predicted octanol–water partition coefficient (Wildman–Crippen LogP) is 8.30. The number of hydrogen-bond acceptors (Lipinski definition) is 2. The molecule has 6 rings (SSSR count). The zero-order valence-electron chi connectivity index (χ0n) is 22.1. The smallest absolute Gasteiger partial charge is 0.159 e. The second-order valence-electron chi connectivity index (χ2n) is 8.88. The molecule has 0 aliphatic rings. The van der Waals surface area contributed by atoms with Crippen LogP contribution in [0, 0.1) is 42.9 Å². The summed E-state index contributed by atoms with van der Waals surface area (Å²) in [5.74, 6) is 1.43. The van der Waals surface area contributed by atoms with E-state index in [4.69, 9.17) is 0 Å². The zero-order chi connectivity index (χ0) is 27.9. The largest absolute Gasteiger partial charge is 0.304 e. The molecule has 6 aromatic rings. The van der Waals surface area contributed by atoms with Gasteiger partial charge in [0.05, 0.1) is 11.9 Å². The molecule has 40 heavy (non-hydrogen) atoms. The van der Waals surface area contributed by atoms with Crippen LogP contribution in [0.2, 0.25) is 0 Å². The summed E-state index contributed by atoms with van der Waals surface area (Å²) in [5, 5.41) is 11.3. The molecule has 2 aromatic carbocycles. The summed E-state index contributed by atoms with van der Waals surface area (Å²) in [6.07, 6.45) is 3.59. The molecule has 0 spiro atoms. The maximum absolute atomic E-state index is 13.2. The first kappa shape index (κ1) is 30.6. The first-order chi connectivity index (χ1) is 18.7. The van der Waals surface area contributed by atoms with Crippen LogP contribution in [0.3, 0.4) is 0 Å². The lowest BCUT2D eigenvalue weighted by Gasteiger charge is -2.05. The van der Waals surface area contributed by atoms with E-state index < -0.39 is 0 Å². The van der Waals surface area contributed by atoms with Crippen molar-refractivity contribution in [2.24, 2.45) is 0 Å². The zero-order valence-corrected chi connectivity index (χ0v) is 24.3. The van der Waals surface area contributed by atoms with E-state index in [2.05, 4.69) is 85.1 Å². The average molecular weight is 655 g/mol. The molecular weight excluding hydrogens is 621 g/mol. The van der Waals surface area contributed by atoms with Gasteiger partial charge in [-0.2, -0.15) is 5.10 Å². The molecule has 0 saturated heterocycles. The summed E-state index contributed by atoms with van der Waals surface area (Å²) in [7, 11) is 0. The van der Waals surface area contributed by atoms with Gasteiger partial charge in [-0.3, -0.25) is 5.10 Å². The van der Waals surface area contributed by atoms with E-state index in [0.29, 0.717) is 5.69 Å². The fourth-order valence-electron chi connectivity index (χ4n) is 4.11. The maximum Gasteiger partial charge on any atom is 0.159 e. The average Bonchev–Trinajstić information content (AvgIpc) is 3.70. The molecule has 0 atom stereocenters. The molecule has 0 bridgehead atoms. The quantitative estimate of drug-likeness (QED) is 0.195. The number of nitrogens with zero attached hydrogens (tertiary/aromatic N) is 5. The van der Waals surface area contributed by atoms with Gasteiger partial charge in [-0.05, 0) is 111 Å². The molecule has 0 aliphatic heterocycles. The summed E-state index contributed by atoms with van der Waals surface area (Å²) < 4.78 is 32.2. The molecule has 0 unspecified atom stereocenters. The molecule has 6 nitrogen and oxygen atoms in total. The summed E-state index contributed by atoms with van der Waals surface area (Å²) in [6.45, 7) is 8.23. The van der Waals surface area contributed by atoms with Crippen molar-refractivity contribution in [2.75, 3.05) is 0 Å². The fraction of sp³-hybridized carbons (Fsp3) is 0.161. The number of nitrogens with one attached hydrogen (secondary N) is 1. The Morgan fingerprint density at radius 1 is 0.700 bits per heavy atom. The summed E-state index contributed by atoms with van der Waals surface area (Å²) in [5.41, 5.74) is 5.41. The molecule has 1 N–H and O–H groups in total. The Balaban J connectivity index is 0.000000180. The van der Waals surface area contributed by atoms with Crippen LogP contribution in [0.1, 0.15) is 30.2 Å². The summed E-state index contributed by atoms with van der Waals surface area (Å²) >= 11 is 2.07. The van der Waals surface area contributed by atoms with Crippen LogP contribution in [0.25, 0.3) is 17.3 Å². The Hall–Kier alpha value is -3.99. The molecule has 0 radical (unpaired) electrons. The Bertz CT molecular complexity index is 1590. The van der Waals surface area contributed by atoms with Crippen LogP contribution in [0.4, 0.5) is 8.78 Å². The van der Waals surface area contributed by atoms with Gasteiger partial charge in [0, 0.05) is 44.7 Å². The van der Waals surface area contributed by atoms with Crippen LogP contribution < -0.4 is 0 Å². The Morgan fingerprint density at radius 3 is 1.77 bits per heavy atom. The van der Waals surface area contributed by atoms with Crippen molar-refractivity contribution in [1.29, 1.82) is 0 Å². The van der Waals surface area contributed by atoms with Crippen LogP contribution >= 0.6 is 22.6 Å². The third-order valence-electron chi connectivity index (χ3n) is 5.93. The first-order valence-corrected chi connectivity index (χ1v) is 13.3. The van der Waals surface area contributed by atoms with Crippen LogP contribution in [0.5, 0.6) is 0 Å². The SMILES string of the molecule is C.Cc1ccc(C)n1-c1ccn(-c2cccc(F)c2)n1.Cc1ccc(C)n1-c1ccn[nH]1.Fc1cccc(I)c1. The monoisotopic (exact) mass is 654 g/mol. The van der Waals surface area contributed by atoms with E-state index in [1.54, 1.807) is 23.0 Å². The molecular formula is C31H33F2IN6. The van der Waals surface area contributed by atoms with Crippen LogP contribution in [0.15, 0.2) is 97.3 Å². The molecule has 0 fully saturated rings. The Morgan fingerprint density at radius 2 is 1.27 bits per heavy atom. The highest BCUT2D eigenvalue weighted by atomic mass is 127. The number of halogens is 3. The first-order valence-electron chi connectivity index (χ1n) is 12.3. The minimum absolute atomic E-state index is 0. The van der Waals surface area contributed by atoms with Crippen LogP contribution in [-0.2, 0) is 0 Å². The van der Waals surface area contributed by atoms with E-state index >= 15 is 0 Å². The van der Waals surface area contributed by atoms with E-state index in [9.17, 15) is 8.78 Å². The van der Waals surface area contributed by atoms with Crippen molar-refractivity contribution in [3.05, 3.63) is 135 Å². The summed E-state index contributed by atoms with van der Waals surface area (Å²) in [6, 6.07) is 25.0. The van der Waals surface area contributed by atoms with Gasteiger partial charge in [-0.1, -0.05) is 19.6 Å². The second kappa shape index (κ2) is 13.9. The highest BCUT2D eigenvalue weighted by molar-refractivity contribution is 14.1. The standard InChI is InChI=1S/C15H14FN3.C9H11N3.C6H4FI.CH4/c1-11-6-7-12(2)19(11)15-8-9-18(17-15)14-5-3-4-13(16)10-14;1-7-3-4-8(2)12(7)9-5-6-10-11-9;7-5-2-1-3-6(8)4-5;/h3-10H,1-2H3;3-6H,1-2H3,(H,10,11);1-4H;1H4. The van der Waals surface area contributed by atoms with Crippen LogP contribution in [-0.4, -0.2) is 29.1 Å². The molecule has 0 saturated carbocycles. The van der Waals surface area contributed by atoms with E-state index in [0.717, 1.165) is 26.6 Å². The number of aromatic nitrogens is 6. The Labute approximate surface area is 247 Å². The van der Waals surface area contributed by atoms with Gasteiger partial charge in [0.25, 0.3) is 0 Å². The molecule has 0 aliphatic carbocycles. The van der Waals surface area contributed by atoms with Crippen molar-refractivity contribution < 1.29 is 8.78 Å². The molecule has 208 valence electrons. The third-order valence-corrected chi connectivity index (χ3v) is 6.60. The number of rotatable bonds is 3. The number of aryl methyl sites for hydroxylation is 4. The molecule has 4 heterocycles. The second-order valence-corrected chi connectivity index (χ2v) is 10.1. The van der Waals surface area contributed by atoms with Gasteiger partial charge in [-0.15, -0.1) is 5.10 Å².